The summed E-state index contributed by atoms with van der Waals surface area (Å²) in [5, 5.41) is 0. The molecule has 0 aliphatic carbocycles. The minimum Gasteiger partial charge on any atom is -0.490 e. The van der Waals surface area contributed by atoms with Crippen molar-refractivity contribution < 1.29 is 18.7 Å². The average molecular weight is 427 g/mol. The molecule has 2 aromatic carbocycles. The fraction of sp³-hybridized carbons (Fsp3) is 0.391. The van der Waals surface area contributed by atoms with Gasteiger partial charge in [-0.1, -0.05) is 12.1 Å². The molecule has 1 aromatic heterocycles. The number of ether oxygens (including phenoxy) is 2. The third-order valence-corrected chi connectivity index (χ3v) is 5.59. The van der Waals surface area contributed by atoms with Crippen LogP contribution in [0.5, 0.6) is 5.75 Å². The smallest absolute Gasteiger partial charge is 0.326 e. The van der Waals surface area contributed by atoms with E-state index in [1.165, 1.54) is 19.1 Å². The van der Waals surface area contributed by atoms with Gasteiger partial charge in [0.05, 0.1) is 11.0 Å². The Morgan fingerprint density at radius 1 is 1.16 bits per heavy atom. The van der Waals surface area contributed by atoms with E-state index < -0.39 is 6.10 Å². The fourth-order valence-corrected chi connectivity index (χ4v) is 4.16. The Morgan fingerprint density at radius 2 is 1.87 bits per heavy atom. The fourth-order valence-electron chi connectivity index (χ4n) is 4.16. The van der Waals surface area contributed by atoms with E-state index in [1.54, 1.807) is 12.1 Å². The Labute approximate surface area is 179 Å². The van der Waals surface area contributed by atoms with E-state index in [4.69, 9.17) is 9.47 Å². The average Bonchev–Trinajstić information content (AvgIpc) is 3.09. The zero-order chi connectivity index (χ0) is 21.8. The van der Waals surface area contributed by atoms with Gasteiger partial charge in [-0.05, 0) is 49.2 Å². The summed E-state index contributed by atoms with van der Waals surface area (Å²) < 4.78 is 26.0. The number of imidazole rings is 1. The second-order valence-electron chi connectivity index (χ2n) is 7.85. The first-order chi connectivity index (χ1) is 15.0. The summed E-state index contributed by atoms with van der Waals surface area (Å²) in [6.45, 7) is 3.67. The molecule has 1 saturated heterocycles. The van der Waals surface area contributed by atoms with Crippen molar-refractivity contribution in [3.05, 3.63) is 64.8 Å². The highest BCUT2D eigenvalue weighted by Crippen LogP contribution is 2.25. The highest BCUT2D eigenvalue weighted by Gasteiger charge is 2.26. The van der Waals surface area contributed by atoms with Gasteiger partial charge in [0.2, 0.25) is 0 Å². The van der Waals surface area contributed by atoms with E-state index in [-0.39, 0.29) is 30.1 Å². The van der Waals surface area contributed by atoms with E-state index >= 15 is 0 Å². The maximum absolute atomic E-state index is 13.1. The number of likely N-dealkylation sites (tertiary alicyclic amines) is 1. The minimum absolute atomic E-state index is 0.0786. The number of nitrogens with one attached hydrogen (secondary N) is 1. The highest BCUT2D eigenvalue weighted by molar-refractivity contribution is 5.75. The van der Waals surface area contributed by atoms with Crippen LogP contribution in [0.15, 0.2) is 53.3 Å². The third kappa shape index (κ3) is 5.14. The van der Waals surface area contributed by atoms with Crippen molar-refractivity contribution in [2.45, 2.75) is 31.9 Å². The molecule has 7 nitrogen and oxygen atoms in total. The van der Waals surface area contributed by atoms with Crippen LogP contribution in [0.3, 0.4) is 0 Å². The molecule has 1 fully saturated rings. The number of fused-ring (bicyclic) bond motifs is 1. The van der Waals surface area contributed by atoms with Gasteiger partial charge in [-0.25, -0.2) is 9.18 Å². The quantitative estimate of drug-likeness (QED) is 0.587. The summed E-state index contributed by atoms with van der Waals surface area (Å²) >= 11 is 0. The van der Waals surface area contributed by atoms with Gasteiger partial charge >= 0.3 is 11.7 Å². The number of esters is 1. The van der Waals surface area contributed by atoms with E-state index in [9.17, 15) is 14.0 Å². The Bertz CT molecular complexity index is 1080. The lowest BCUT2D eigenvalue weighted by Gasteiger charge is -2.34. The molecule has 4 rings (SSSR count). The molecule has 0 saturated carbocycles. The maximum Gasteiger partial charge on any atom is 0.326 e. The maximum atomic E-state index is 13.1. The van der Waals surface area contributed by atoms with Crippen LogP contribution in [0.4, 0.5) is 4.39 Å². The van der Waals surface area contributed by atoms with Crippen molar-refractivity contribution in [2.75, 3.05) is 26.2 Å². The number of hydrogen-bond acceptors (Lipinski definition) is 5. The van der Waals surface area contributed by atoms with Gasteiger partial charge in [0.25, 0.3) is 0 Å². The number of H-pyrrole nitrogens is 1. The number of carbonyl (C=O) groups excluding carboxylic acids is 1. The molecule has 0 spiro atoms. The standard InChI is InChI=1S/C23H26FN3O4/c1-16(28)31-20(15-30-19-8-6-17(24)7-9-19)14-26-12-10-18(11-13-26)27-22-5-3-2-4-21(22)25-23(27)29/h2-9,18,20H,10-15H2,1H3,(H,25,29). The number of aromatic nitrogens is 2. The van der Waals surface area contributed by atoms with Gasteiger partial charge in [0, 0.05) is 32.6 Å². The molecular formula is C23H26FN3O4. The number of hydrogen-bond donors (Lipinski definition) is 1. The van der Waals surface area contributed by atoms with Crippen LogP contribution in [-0.4, -0.2) is 52.8 Å². The molecule has 1 aliphatic rings. The summed E-state index contributed by atoms with van der Waals surface area (Å²) in [5.41, 5.74) is 1.70. The number of benzene rings is 2. The van der Waals surface area contributed by atoms with E-state index in [2.05, 4.69) is 9.88 Å². The molecule has 3 aromatic rings. The third-order valence-electron chi connectivity index (χ3n) is 5.59. The molecule has 1 aliphatic heterocycles. The SMILES string of the molecule is CC(=O)OC(COc1ccc(F)cc1)CN1CCC(n2c(=O)[nH]c3ccccc32)CC1. The molecule has 0 bridgehead atoms. The van der Waals surface area contributed by atoms with Crippen LogP contribution in [0.1, 0.15) is 25.8 Å². The molecule has 1 N–H and O–H groups in total. The summed E-state index contributed by atoms with van der Waals surface area (Å²) in [4.78, 5) is 29.1. The van der Waals surface area contributed by atoms with Gasteiger partial charge in [-0.3, -0.25) is 14.3 Å². The molecule has 2 heterocycles. The molecule has 1 unspecified atom stereocenters. The van der Waals surface area contributed by atoms with Crippen LogP contribution < -0.4 is 10.4 Å². The van der Waals surface area contributed by atoms with Gasteiger partial charge in [0.15, 0.2) is 0 Å². The van der Waals surface area contributed by atoms with Crippen molar-refractivity contribution >= 4 is 17.0 Å². The largest absolute Gasteiger partial charge is 0.490 e. The molecule has 8 heteroatoms. The Morgan fingerprint density at radius 3 is 2.58 bits per heavy atom. The lowest BCUT2D eigenvalue weighted by Crippen LogP contribution is -2.43. The number of carbonyl (C=O) groups is 1. The number of piperidine rings is 1. The van der Waals surface area contributed by atoms with Crippen LogP contribution in [-0.2, 0) is 9.53 Å². The number of halogens is 1. The second-order valence-corrected chi connectivity index (χ2v) is 7.85. The lowest BCUT2D eigenvalue weighted by atomic mass is 10.0. The summed E-state index contributed by atoms with van der Waals surface area (Å²) in [6, 6.07) is 13.6. The molecule has 1 atom stereocenters. The highest BCUT2D eigenvalue weighted by atomic mass is 19.1. The minimum atomic E-state index is -0.435. The van der Waals surface area contributed by atoms with E-state index in [0.29, 0.717) is 12.3 Å². The van der Waals surface area contributed by atoms with Gasteiger partial charge in [-0.15, -0.1) is 0 Å². The Hall–Kier alpha value is -3.13. The molecule has 31 heavy (non-hydrogen) atoms. The first-order valence-corrected chi connectivity index (χ1v) is 10.5. The first-order valence-electron chi connectivity index (χ1n) is 10.5. The molecular weight excluding hydrogens is 401 g/mol. The van der Waals surface area contributed by atoms with Crippen molar-refractivity contribution in [1.82, 2.24) is 14.5 Å². The van der Waals surface area contributed by atoms with Crippen molar-refractivity contribution in [3.8, 4) is 5.75 Å². The van der Waals surface area contributed by atoms with Gasteiger partial charge in [-0.2, -0.15) is 0 Å². The normalized spacial score (nSPS) is 16.3. The zero-order valence-corrected chi connectivity index (χ0v) is 17.4. The van der Waals surface area contributed by atoms with Crippen molar-refractivity contribution in [3.63, 3.8) is 0 Å². The first kappa shape index (κ1) is 21.1. The predicted octanol–water partition coefficient (Wildman–Crippen LogP) is 3.12. The molecule has 164 valence electrons. The summed E-state index contributed by atoms with van der Waals surface area (Å²) in [7, 11) is 0. The number of rotatable bonds is 7. The van der Waals surface area contributed by atoms with Gasteiger partial charge < -0.3 is 14.5 Å². The Kier molecular flexibility index (Phi) is 6.36. The van der Waals surface area contributed by atoms with Gasteiger partial charge in [0.1, 0.15) is 24.3 Å². The Balaban J connectivity index is 1.36. The predicted molar refractivity (Wildman–Crippen MR) is 115 cm³/mol. The van der Waals surface area contributed by atoms with E-state index in [1.807, 2.05) is 28.8 Å². The molecule has 0 amide bonds. The second kappa shape index (κ2) is 9.34. The number of aromatic amines is 1. The van der Waals surface area contributed by atoms with Crippen molar-refractivity contribution in [2.24, 2.45) is 0 Å². The summed E-state index contributed by atoms with van der Waals surface area (Å²) in [6.07, 6.45) is 1.22. The van der Waals surface area contributed by atoms with Crippen LogP contribution in [0.25, 0.3) is 11.0 Å². The molecule has 0 radical (unpaired) electrons. The zero-order valence-electron chi connectivity index (χ0n) is 17.4. The monoisotopic (exact) mass is 427 g/mol. The number of nitrogens with zero attached hydrogens (tertiary/aromatic N) is 2. The van der Waals surface area contributed by atoms with Crippen LogP contribution >= 0.6 is 0 Å². The summed E-state index contributed by atoms with van der Waals surface area (Å²) in [5.74, 6) is -0.176. The van der Waals surface area contributed by atoms with E-state index in [0.717, 1.165) is 37.0 Å². The van der Waals surface area contributed by atoms with Crippen LogP contribution in [0.2, 0.25) is 0 Å². The topological polar surface area (TPSA) is 76.6 Å². The van der Waals surface area contributed by atoms with Crippen molar-refractivity contribution in [1.29, 1.82) is 0 Å². The number of para-hydroxylation sites is 2. The lowest BCUT2D eigenvalue weighted by molar-refractivity contribution is -0.149. The van der Waals surface area contributed by atoms with Crippen LogP contribution in [0, 0.1) is 5.82 Å².